The van der Waals surface area contributed by atoms with Crippen LogP contribution in [0.25, 0.3) is 17.1 Å². The van der Waals surface area contributed by atoms with Crippen molar-refractivity contribution in [3.63, 3.8) is 0 Å². The van der Waals surface area contributed by atoms with Gasteiger partial charge in [0.1, 0.15) is 5.75 Å². The lowest BCUT2D eigenvalue weighted by molar-refractivity contribution is -0.113. The summed E-state index contributed by atoms with van der Waals surface area (Å²) in [5.41, 5.74) is 6.11. The van der Waals surface area contributed by atoms with Crippen LogP contribution in [-0.4, -0.2) is 33.5 Å². The van der Waals surface area contributed by atoms with E-state index in [-0.39, 0.29) is 11.7 Å². The van der Waals surface area contributed by atoms with E-state index < -0.39 is 0 Å². The first-order valence-electron chi connectivity index (χ1n) is 11.2. The number of methoxy groups -OCH3 is 1. The molecule has 0 fully saturated rings. The summed E-state index contributed by atoms with van der Waals surface area (Å²) < 4.78 is 7.29. The number of amides is 1. The van der Waals surface area contributed by atoms with Crippen LogP contribution < -0.4 is 10.1 Å². The molecule has 0 aliphatic heterocycles. The summed E-state index contributed by atoms with van der Waals surface area (Å²) >= 11 is 1.36. The number of anilines is 1. The standard InChI is InChI=1S/C27H28N4O2S/c1-5-20-8-6-7-19(3)25(20)28-24(32)17-34-27-30-29-26(21-11-9-18(2)10-12-21)31(27)22-13-15-23(33-4)16-14-22/h6-16H,5,17H2,1-4H3,(H,28,32). The summed E-state index contributed by atoms with van der Waals surface area (Å²) in [6, 6.07) is 22.0. The molecule has 0 saturated carbocycles. The van der Waals surface area contributed by atoms with Gasteiger partial charge in [0.05, 0.1) is 12.9 Å². The van der Waals surface area contributed by atoms with Crippen molar-refractivity contribution in [1.82, 2.24) is 14.8 Å². The van der Waals surface area contributed by atoms with E-state index in [4.69, 9.17) is 4.74 Å². The minimum absolute atomic E-state index is 0.0739. The summed E-state index contributed by atoms with van der Waals surface area (Å²) in [4.78, 5) is 12.8. The largest absolute Gasteiger partial charge is 0.497 e. The molecule has 1 aromatic heterocycles. The molecular formula is C27H28N4O2S. The highest BCUT2D eigenvalue weighted by molar-refractivity contribution is 7.99. The highest BCUT2D eigenvalue weighted by Crippen LogP contribution is 2.29. The first kappa shape index (κ1) is 23.6. The van der Waals surface area contributed by atoms with Crippen molar-refractivity contribution < 1.29 is 9.53 Å². The molecular weight excluding hydrogens is 444 g/mol. The molecule has 34 heavy (non-hydrogen) atoms. The molecule has 0 aliphatic rings. The van der Waals surface area contributed by atoms with Gasteiger partial charge in [0.2, 0.25) is 5.91 Å². The second-order valence-corrected chi connectivity index (χ2v) is 8.95. The molecule has 4 rings (SSSR count). The number of rotatable bonds is 8. The van der Waals surface area contributed by atoms with Gasteiger partial charge in [-0.05, 0) is 55.7 Å². The molecule has 4 aromatic rings. The van der Waals surface area contributed by atoms with Gasteiger partial charge in [0.15, 0.2) is 11.0 Å². The molecule has 174 valence electrons. The third kappa shape index (κ3) is 5.15. The summed E-state index contributed by atoms with van der Waals surface area (Å²) in [7, 11) is 1.64. The van der Waals surface area contributed by atoms with Crippen molar-refractivity contribution in [2.45, 2.75) is 32.3 Å². The van der Waals surface area contributed by atoms with E-state index in [1.165, 1.54) is 17.3 Å². The molecule has 0 aliphatic carbocycles. The minimum atomic E-state index is -0.0739. The van der Waals surface area contributed by atoms with Gasteiger partial charge in [0, 0.05) is 16.9 Å². The monoisotopic (exact) mass is 472 g/mol. The number of para-hydroxylation sites is 1. The molecule has 1 amide bonds. The van der Waals surface area contributed by atoms with Gasteiger partial charge in [-0.25, -0.2) is 0 Å². The van der Waals surface area contributed by atoms with Crippen molar-refractivity contribution in [2.75, 3.05) is 18.2 Å². The number of thioether (sulfide) groups is 1. The molecule has 0 bridgehead atoms. The predicted molar refractivity (Wildman–Crippen MR) is 138 cm³/mol. The quantitative estimate of drug-likeness (QED) is 0.326. The number of carbonyl (C=O) groups excluding carboxylic acids is 1. The Morgan fingerprint density at radius 1 is 1.00 bits per heavy atom. The van der Waals surface area contributed by atoms with E-state index in [1.807, 2.05) is 66.1 Å². The highest BCUT2D eigenvalue weighted by Gasteiger charge is 2.18. The minimum Gasteiger partial charge on any atom is -0.497 e. The zero-order chi connectivity index (χ0) is 24.1. The summed E-state index contributed by atoms with van der Waals surface area (Å²) in [5.74, 6) is 1.64. The smallest absolute Gasteiger partial charge is 0.234 e. The third-order valence-electron chi connectivity index (χ3n) is 5.61. The molecule has 7 heteroatoms. The number of aromatic nitrogens is 3. The first-order valence-corrected chi connectivity index (χ1v) is 12.2. The van der Waals surface area contributed by atoms with E-state index in [1.54, 1.807) is 7.11 Å². The van der Waals surface area contributed by atoms with E-state index >= 15 is 0 Å². The van der Waals surface area contributed by atoms with Gasteiger partial charge in [-0.1, -0.05) is 66.7 Å². The molecule has 0 radical (unpaired) electrons. The SMILES string of the molecule is CCc1cccc(C)c1NC(=O)CSc1nnc(-c2ccc(C)cc2)n1-c1ccc(OC)cc1. The topological polar surface area (TPSA) is 69.0 Å². The van der Waals surface area contributed by atoms with Crippen molar-refractivity contribution in [1.29, 1.82) is 0 Å². The predicted octanol–water partition coefficient (Wildman–Crippen LogP) is 5.85. The molecule has 3 aromatic carbocycles. The fraction of sp³-hybridized carbons (Fsp3) is 0.222. The van der Waals surface area contributed by atoms with Crippen LogP contribution in [0.3, 0.4) is 0 Å². The molecule has 0 atom stereocenters. The molecule has 0 unspecified atom stereocenters. The lowest BCUT2D eigenvalue weighted by atomic mass is 10.1. The normalized spacial score (nSPS) is 10.8. The number of carbonyl (C=O) groups is 1. The van der Waals surface area contributed by atoms with Crippen LogP contribution in [0.1, 0.15) is 23.6 Å². The Hall–Kier alpha value is -3.58. The van der Waals surface area contributed by atoms with E-state index in [0.717, 1.165) is 46.1 Å². The van der Waals surface area contributed by atoms with E-state index in [9.17, 15) is 4.79 Å². The second kappa shape index (κ2) is 10.6. The lowest BCUT2D eigenvalue weighted by Crippen LogP contribution is -2.16. The maximum Gasteiger partial charge on any atom is 0.234 e. The fourth-order valence-electron chi connectivity index (χ4n) is 3.72. The summed E-state index contributed by atoms with van der Waals surface area (Å²) in [6.45, 7) is 6.15. The maximum absolute atomic E-state index is 12.8. The third-order valence-corrected chi connectivity index (χ3v) is 6.54. The van der Waals surface area contributed by atoms with Crippen molar-refractivity contribution >= 4 is 23.4 Å². The number of hydrogen-bond acceptors (Lipinski definition) is 5. The molecule has 6 nitrogen and oxygen atoms in total. The van der Waals surface area contributed by atoms with Gasteiger partial charge >= 0.3 is 0 Å². The Labute approximate surface area is 204 Å². The Balaban J connectivity index is 1.61. The number of aryl methyl sites for hydroxylation is 3. The van der Waals surface area contributed by atoms with Gasteiger partial charge in [0.25, 0.3) is 0 Å². The van der Waals surface area contributed by atoms with Gasteiger partial charge in [-0.3, -0.25) is 9.36 Å². The van der Waals surface area contributed by atoms with Crippen LogP contribution >= 0.6 is 11.8 Å². The van der Waals surface area contributed by atoms with Crippen LogP contribution in [0.15, 0.2) is 71.9 Å². The van der Waals surface area contributed by atoms with Crippen LogP contribution in [0.4, 0.5) is 5.69 Å². The van der Waals surface area contributed by atoms with Crippen LogP contribution in [0, 0.1) is 13.8 Å². The molecule has 1 N–H and O–H groups in total. The zero-order valence-corrected chi connectivity index (χ0v) is 20.6. The van der Waals surface area contributed by atoms with Gasteiger partial charge in [-0.2, -0.15) is 0 Å². The average molecular weight is 473 g/mol. The van der Waals surface area contributed by atoms with Crippen molar-refractivity contribution in [3.8, 4) is 22.8 Å². The van der Waals surface area contributed by atoms with E-state index in [2.05, 4.69) is 41.5 Å². The number of nitrogens with one attached hydrogen (secondary N) is 1. The average Bonchev–Trinajstić information content (AvgIpc) is 3.28. The second-order valence-electron chi connectivity index (χ2n) is 8.01. The lowest BCUT2D eigenvalue weighted by Gasteiger charge is -2.13. The van der Waals surface area contributed by atoms with Crippen LogP contribution in [0.5, 0.6) is 5.75 Å². The Morgan fingerprint density at radius 2 is 1.74 bits per heavy atom. The number of benzene rings is 3. The molecule has 0 saturated heterocycles. The zero-order valence-electron chi connectivity index (χ0n) is 19.8. The van der Waals surface area contributed by atoms with Gasteiger partial charge < -0.3 is 10.1 Å². The maximum atomic E-state index is 12.8. The van der Waals surface area contributed by atoms with Gasteiger partial charge in [-0.15, -0.1) is 10.2 Å². The number of nitrogens with zero attached hydrogens (tertiary/aromatic N) is 3. The van der Waals surface area contributed by atoms with Crippen molar-refractivity contribution in [2.24, 2.45) is 0 Å². The molecule has 1 heterocycles. The fourth-order valence-corrected chi connectivity index (χ4v) is 4.48. The molecule has 0 spiro atoms. The van der Waals surface area contributed by atoms with Crippen LogP contribution in [0.2, 0.25) is 0 Å². The number of hydrogen-bond donors (Lipinski definition) is 1. The summed E-state index contributed by atoms with van der Waals surface area (Å²) in [5, 5.41) is 12.6. The van der Waals surface area contributed by atoms with Crippen molar-refractivity contribution in [3.05, 3.63) is 83.4 Å². The van der Waals surface area contributed by atoms with E-state index in [0.29, 0.717) is 5.16 Å². The first-order chi connectivity index (χ1) is 16.5. The number of ether oxygens (including phenoxy) is 1. The Kier molecular flexibility index (Phi) is 7.33. The summed E-state index contributed by atoms with van der Waals surface area (Å²) in [6.07, 6.45) is 0.857. The Bertz CT molecular complexity index is 1280. The Morgan fingerprint density at radius 3 is 2.41 bits per heavy atom. The van der Waals surface area contributed by atoms with Crippen LogP contribution in [-0.2, 0) is 11.2 Å². The highest BCUT2D eigenvalue weighted by atomic mass is 32.2.